The number of ether oxygens (including phenoxy) is 3. The number of likely N-dealkylation sites (tertiary alicyclic amines) is 1. The molecule has 0 aromatic heterocycles. The Labute approximate surface area is 177 Å². The minimum Gasteiger partial charge on any atom is -0.507 e. The number of benzene rings is 2. The zero-order chi connectivity index (χ0) is 21.5. The van der Waals surface area contributed by atoms with Crippen LogP contribution in [0.4, 0.5) is 0 Å². The number of hydrogen-bond donors (Lipinski definition) is 1. The van der Waals surface area contributed by atoms with Gasteiger partial charge in [0.05, 0.1) is 26.9 Å². The molecule has 3 rings (SSSR count). The van der Waals surface area contributed by atoms with Crippen LogP contribution in [0.25, 0.3) is 6.08 Å². The quantitative estimate of drug-likeness (QED) is 0.516. The number of ketones is 1. The topological polar surface area (TPSA) is 68.2 Å². The third-order valence-corrected chi connectivity index (χ3v) is 5.39. The standard InChI is InChI=1S/C24H29NO5/c1-28-18-10-7-17(8-11-18)9-12-20(26)23-22(30-3)15-21(29-2)19(24(23)27)16-25-13-5-4-6-14-25/h7-12,15,27H,4-6,13-14,16H2,1-3H3/b12-9+. The zero-order valence-corrected chi connectivity index (χ0v) is 17.8. The van der Waals surface area contributed by atoms with E-state index in [1.807, 2.05) is 24.3 Å². The van der Waals surface area contributed by atoms with Gasteiger partial charge in [-0.05, 0) is 49.7 Å². The fraction of sp³-hybridized carbons (Fsp3) is 0.375. The van der Waals surface area contributed by atoms with Crippen molar-refractivity contribution in [3.8, 4) is 23.0 Å². The molecule has 6 nitrogen and oxygen atoms in total. The largest absolute Gasteiger partial charge is 0.507 e. The van der Waals surface area contributed by atoms with Gasteiger partial charge in [0, 0.05) is 12.6 Å². The number of phenols is 1. The maximum absolute atomic E-state index is 13.0. The summed E-state index contributed by atoms with van der Waals surface area (Å²) >= 11 is 0. The van der Waals surface area contributed by atoms with E-state index in [0.717, 1.165) is 37.2 Å². The average Bonchev–Trinajstić information content (AvgIpc) is 2.79. The number of aromatic hydroxyl groups is 1. The van der Waals surface area contributed by atoms with E-state index in [4.69, 9.17) is 14.2 Å². The lowest BCUT2D eigenvalue weighted by Crippen LogP contribution is -2.29. The van der Waals surface area contributed by atoms with Crippen LogP contribution in [-0.4, -0.2) is 50.2 Å². The number of piperidine rings is 1. The smallest absolute Gasteiger partial charge is 0.193 e. The molecular weight excluding hydrogens is 382 g/mol. The van der Waals surface area contributed by atoms with Gasteiger partial charge in [-0.3, -0.25) is 9.69 Å². The van der Waals surface area contributed by atoms with E-state index >= 15 is 0 Å². The van der Waals surface area contributed by atoms with Crippen LogP contribution in [0.2, 0.25) is 0 Å². The molecule has 2 aromatic carbocycles. The van der Waals surface area contributed by atoms with Gasteiger partial charge in [-0.25, -0.2) is 0 Å². The highest BCUT2D eigenvalue weighted by Crippen LogP contribution is 2.40. The summed E-state index contributed by atoms with van der Waals surface area (Å²) < 4.78 is 16.0. The van der Waals surface area contributed by atoms with Crippen LogP contribution in [0, 0.1) is 0 Å². The number of carbonyl (C=O) groups is 1. The predicted molar refractivity (Wildman–Crippen MR) is 117 cm³/mol. The van der Waals surface area contributed by atoms with Crippen molar-refractivity contribution < 1.29 is 24.1 Å². The summed E-state index contributed by atoms with van der Waals surface area (Å²) in [4.78, 5) is 15.3. The van der Waals surface area contributed by atoms with Gasteiger partial charge in [-0.1, -0.05) is 24.6 Å². The Balaban J connectivity index is 1.91. The molecule has 2 aromatic rings. The molecular formula is C24H29NO5. The van der Waals surface area contributed by atoms with Crippen molar-refractivity contribution in [2.24, 2.45) is 0 Å². The molecule has 0 saturated carbocycles. The Kier molecular flexibility index (Phi) is 7.36. The maximum atomic E-state index is 13.0. The lowest BCUT2D eigenvalue weighted by molar-refractivity contribution is 0.104. The van der Waals surface area contributed by atoms with Crippen LogP contribution in [0.3, 0.4) is 0 Å². The average molecular weight is 411 g/mol. The van der Waals surface area contributed by atoms with Gasteiger partial charge >= 0.3 is 0 Å². The second kappa shape index (κ2) is 10.2. The second-order valence-corrected chi connectivity index (χ2v) is 7.29. The number of phenolic OH excluding ortho intramolecular Hbond substituents is 1. The highest BCUT2D eigenvalue weighted by molar-refractivity contribution is 6.11. The molecule has 30 heavy (non-hydrogen) atoms. The molecule has 1 fully saturated rings. The van der Waals surface area contributed by atoms with Crippen LogP contribution < -0.4 is 14.2 Å². The van der Waals surface area contributed by atoms with Gasteiger partial charge in [0.2, 0.25) is 0 Å². The van der Waals surface area contributed by atoms with E-state index in [0.29, 0.717) is 17.9 Å². The molecule has 0 aliphatic carbocycles. The van der Waals surface area contributed by atoms with Gasteiger partial charge in [0.25, 0.3) is 0 Å². The molecule has 1 heterocycles. The van der Waals surface area contributed by atoms with Crippen molar-refractivity contribution in [1.29, 1.82) is 0 Å². The zero-order valence-electron chi connectivity index (χ0n) is 17.8. The van der Waals surface area contributed by atoms with Crippen molar-refractivity contribution >= 4 is 11.9 Å². The third-order valence-electron chi connectivity index (χ3n) is 5.39. The number of hydrogen-bond acceptors (Lipinski definition) is 6. The summed E-state index contributed by atoms with van der Waals surface area (Å²) in [7, 11) is 4.63. The first kappa shape index (κ1) is 21.7. The summed E-state index contributed by atoms with van der Waals surface area (Å²) in [5.74, 6) is 1.14. The Bertz CT molecular complexity index is 899. The Hall–Kier alpha value is -2.99. The van der Waals surface area contributed by atoms with Gasteiger partial charge < -0.3 is 19.3 Å². The summed E-state index contributed by atoms with van der Waals surface area (Å²) in [5, 5.41) is 11.0. The normalized spacial score (nSPS) is 14.6. The minimum absolute atomic E-state index is 0.0823. The van der Waals surface area contributed by atoms with Crippen molar-refractivity contribution in [2.45, 2.75) is 25.8 Å². The van der Waals surface area contributed by atoms with Crippen molar-refractivity contribution in [1.82, 2.24) is 4.90 Å². The van der Waals surface area contributed by atoms with E-state index in [2.05, 4.69) is 4.90 Å². The molecule has 1 aliphatic heterocycles. The third kappa shape index (κ3) is 4.94. The van der Waals surface area contributed by atoms with E-state index in [-0.39, 0.29) is 22.8 Å². The molecule has 0 radical (unpaired) electrons. The first-order valence-electron chi connectivity index (χ1n) is 10.1. The number of nitrogens with zero attached hydrogens (tertiary/aromatic N) is 1. The van der Waals surface area contributed by atoms with E-state index in [1.165, 1.54) is 19.6 Å². The fourth-order valence-electron chi connectivity index (χ4n) is 3.71. The first-order valence-corrected chi connectivity index (χ1v) is 10.1. The number of methoxy groups -OCH3 is 3. The lowest BCUT2D eigenvalue weighted by Gasteiger charge is -2.28. The van der Waals surface area contributed by atoms with Crippen LogP contribution in [0.5, 0.6) is 23.0 Å². The molecule has 160 valence electrons. The van der Waals surface area contributed by atoms with Crippen molar-refractivity contribution in [2.75, 3.05) is 34.4 Å². The second-order valence-electron chi connectivity index (χ2n) is 7.29. The molecule has 1 N–H and O–H groups in total. The van der Waals surface area contributed by atoms with Gasteiger partial charge in [-0.15, -0.1) is 0 Å². The van der Waals surface area contributed by atoms with Gasteiger partial charge in [0.1, 0.15) is 28.6 Å². The molecule has 6 heteroatoms. The molecule has 1 aliphatic rings. The summed E-state index contributed by atoms with van der Waals surface area (Å²) in [5.41, 5.74) is 1.61. The monoisotopic (exact) mass is 411 g/mol. The fourth-order valence-corrected chi connectivity index (χ4v) is 3.71. The van der Waals surface area contributed by atoms with E-state index in [1.54, 1.807) is 26.4 Å². The number of allylic oxidation sites excluding steroid dienone is 1. The van der Waals surface area contributed by atoms with Gasteiger partial charge in [-0.2, -0.15) is 0 Å². The Morgan fingerprint density at radius 3 is 2.27 bits per heavy atom. The van der Waals surface area contributed by atoms with Crippen LogP contribution in [-0.2, 0) is 6.54 Å². The highest BCUT2D eigenvalue weighted by Gasteiger charge is 2.24. The summed E-state index contributed by atoms with van der Waals surface area (Å²) in [6.45, 7) is 2.46. The number of rotatable bonds is 8. The molecule has 0 amide bonds. The molecule has 0 spiro atoms. The van der Waals surface area contributed by atoms with Crippen LogP contribution in [0.1, 0.15) is 40.7 Å². The predicted octanol–water partition coefficient (Wildman–Crippen LogP) is 4.30. The van der Waals surface area contributed by atoms with Crippen LogP contribution >= 0.6 is 0 Å². The van der Waals surface area contributed by atoms with Crippen molar-refractivity contribution in [3.63, 3.8) is 0 Å². The number of carbonyl (C=O) groups excluding carboxylic acids is 1. The van der Waals surface area contributed by atoms with E-state index in [9.17, 15) is 9.90 Å². The van der Waals surface area contributed by atoms with Gasteiger partial charge in [0.15, 0.2) is 5.78 Å². The Morgan fingerprint density at radius 1 is 1.00 bits per heavy atom. The first-order chi connectivity index (χ1) is 14.6. The lowest BCUT2D eigenvalue weighted by atomic mass is 10.0. The molecule has 0 bridgehead atoms. The van der Waals surface area contributed by atoms with Crippen molar-refractivity contribution in [3.05, 3.63) is 53.1 Å². The van der Waals surface area contributed by atoms with Crippen LogP contribution in [0.15, 0.2) is 36.4 Å². The molecule has 1 saturated heterocycles. The molecule has 0 atom stereocenters. The summed E-state index contributed by atoms with van der Waals surface area (Å²) in [6, 6.07) is 9.04. The maximum Gasteiger partial charge on any atom is 0.193 e. The van der Waals surface area contributed by atoms with E-state index < -0.39 is 0 Å². The molecule has 0 unspecified atom stereocenters. The Morgan fingerprint density at radius 2 is 1.67 bits per heavy atom. The highest BCUT2D eigenvalue weighted by atomic mass is 16.5. The minimum atomic E-state index is -0.331. The summed E-state index contributed by atoms with van der Waals surface area (Å²) in [6.07, 6.45) is 6.64. The SMILES string of the molecule is COc1ccc(/C=C/C(=O)c2c(OC)cc(OC)c(CN3CCCCC3)c2O)cc1.